The fourth-order valence-electron chi connectivity index (χ4n) is 1.38. The number of amides is 1. The van der Waals surface area contributed by atoms with Crippen molar-refractivity contribution in [3.63, 3.8) is 0 Å². The van der Waals surface area contributed by atoms with E-state index in [1.54, 1.807) is 12.1 Å². The van der Waals surface area contributed by atoms with Crippen LogP contribution in [0.2, 0.25) is 10.3 Å². The van der Waals surface area contributed by atoms with Gasteiger partial charge < -0.3 is 5.32 Å². The van der Waals surface area contributed by atoms with Gasteiger partial charge in [0, 0.05) is 4.47 Å². The van der Waals surface area contributed by atoms with Crippen molar-refractivity contribution in [2.45, 2.75) is 6.92 Å². The van der Waals surface area contributed by atoms with Crippen molar-refractivity contribution in [1.29, 1.82) is 0 Å². The molecule has 0 aliphatic carbocycles. The maximum absolute atomic E-state index is 12.0. The van der Waals surface area contributed by atoms with Crippen molar-refractivity contribution in [1.82, 2.24) is 9.97 Å². The van der Waals surface area contributed by atoms with E-state index in [0.29, 0.717) is 5.82 Å². The second-order valence-corrected chi connectivity index (χ2v) is 5.29. The molecule has 0 spiro atoms. The Morgan fingerprint density at radius 2 is 1.95 bits per heavy atom. The summed E-state index contributed by atoms with van der Waals surface area (Å²) in [5, 5.41) is 2.94. The first-order chi connectivity index (χ1) is 8.97. The molecule has 2 rings (SSSR count). The number of nitrogens with one attached hydrogen (secondary N) is 1. The maximum Gasteiger partial charge on any atom is 0.259 e. The molecular weight excluding hydrogens is 353 g/mol. The minimum Gasteiger partial charge on any atom is -0.306 e. The Kier molecular flexibility index (Phi) is 4.39. The van der Waals surface area contributed by atoms with Gasteiger partial charge in [0.1, 0.15) is 16.1 Å². The van der Waals surface area contributed by atoms with Crippen molar-refractivity contribution in [2.24, 2.45) is 0 Å². The van der Waals surface area contributed by atoms with Gasteiger partial charge in [-0.3, -0.25) is 4.79 Å². The fraction of sp³-hybridized carbons (Fsp3) is 0.0833. The largest absolute Gasteiger partial charge is 0.306 e. The van der Waals surface area contributed by atoms with Crippen molar-refractivity contribution in [3.8, 4) is 0 Å². The number of rotatable bonds is 2. The Bertz CT molecular complexity index is 649. The lowest BCUT2D eigenvalue weighted by molar-refractivity contribution is 0.102. The van der Waals surface area contributed by atoms with Crippen LogP contribution < -0.4 is 5.32 Å². The lowest BCUT2D eigenvalue weighted by Crippen LogP contribution is -2.14. The van der Waals surface area contributed by atoms with Crippen LogP contribution in [0.3, 0.4) is 0 Å². The van der Waals surface area contributed by atoms with Gasteiger partial charge in [-0.2, -0.15) is 0 Å². The summed E-state index contributed by atoms with van der Waals surface area (Å²) in [6.07, 6.45) is 0. The molecule has 19 heavy (non-hydrogen) atoms. The number of carbonyl (C=O) groups excluding carboxylic acids is 1. The number of aryl methyl sites for hydroxylation is 1. The number of hydrogen-bond acceptors (Lipinski definition) is 3. The fourth-order valence-corrected chi connectivity index (χ4v) is 2.03. The molecule has 0 aromatic carbocycles. The van der Waals surface area contributed by atoms with Crippen LogP contribution in [0.15, 0.2) is 28.7 Å². The molecule has 0 fully saturated rings. The predicted octanol–water partition coefficient (Wildman–Crippen LogP) is 4.11. The first kappa shape index (κ1) is 14.2. The highest BCUT2D eigenvalue weighted by Crippen LogP contribution is 2.19. The van der Waals surface area contributed by atoms with Crippen LogP contribution in [0, 0.1) is 6.92 Å². The summed E-state index contributed by atoms with van der Waals surface area (Å²) in [6, 6.07) is 6.51. The predicted molar refractivity (Wildman–Crippen MR) is 78.9 cm³/mol. The normalized spacial score (nSPS) is 10.3. The average molecular weight is 361 g/mol. The summed E-state index contributed by atoms with van der Waals surface area (Å²) in [5.41, 5.74) is 1.02. The van der Waals surface area contributed by atoms with Crippen LogP contribution in [0.5, 0.6) is 0 Å². The van der Waals surface area contributed by atoms with E-state index in [9.17, 15) is 4.79 Å². The molecule has 2 aromatic heterocycles. The molecule has 2 heterocycles. The Morgan fingerprint density at radius 1 is 1.21 bits per heavy atom. The first-order valence-electron chi connectivity index (χ1n) is 5.24. The third-order valence-corrected chi connectivity index (χ3v) is 3.66. The van der Waals surface area contributed by atoms with Crippen molar-refractivity contribution >= 4 is 50.9 Å². The molecule has 98 valence electrons. The van der Waals surface area contributed by atoms with Gasteiger partial charge in [0.25, 0.3) is 5.91 Å². The van der Waals surface area contributed by atoms with E-state index in [-0.39, 0.29) is 21.8 Å². The van der Waals surface area contributed by atoms with Crippen LogP contribution in [0.1, 0.15) is 16.1 Å². The van der Waals surface area contributed by atoms with E-state index in [0.717, 1.165) is 10.2 Å². The summed E-state index contributed by atoms with van der Waals surface area (Å²) in [6.45, 7) is 1.83. The van der Waals surface area contributed by atoms with Crippen molar-refractivity contribution in [3.05, 3.63) is 50.3 Å². The number of halogens is 3. The zero-order valence-corrected chi connectivity index (χ0v) is 12.8. The molecule has 0 aliphatic rings. The smallest absolute Gasteiger partial charge is 0.259 e. The standard InChI is InChI=1S/C12H8BrCl2N3O/c1-6-8(13)3-5-10(16-6)18-12(19)7-2-4-9(14)17-11(7)15/h2-5H,1H3,(H,16,18,19). The third kappa shape index (κ3) is 3.43. The van der Waals surface area contributed by atoms with Gasteiger partial charge in [-0.15, -0.1) is 0 Å². The Hall–Kier alpha value is -1.17. The number of aromatic nitrogens is 2. The summed E-state index contributed by atoms with van der Waals surface area (Å²) >= 11 is 14.9. The van der Waals surface area contributed by atoms with Crippen LogP contribution >= 0.6 is 39.1 Å². The van der Waals surface area contributed by atoms with Crippen molar-refractivity contribution in [2.75, 3.05) is 5.32 Å². The second-order valence-electron chi connectivity index (χ2n) is 3.69. The second kappa shape index (κ2) is 5.86. The molecule has 1 amide bonds. The summed E-state index contributed by atoms with van der Waals surface area (Å²) in [5.74, 6) is 0.0557. The zero-order valence-electron chi connectivity index (χ0n) is 9.75. The minimum absolute atomic E-state index is 0.0545. The highest BCUT2D eigenvalue weighted by molar-refractivity contribution is 9.10. The molecule has 0 bridgehead atoms. The molecule has 0 atom stereocenters. The monoisotopic (exact) mass is 359 g/mol. The summed E-state index contributed by atoms with van der Waals surface area (Å²) < 4.78 is 0.872. The lowest BCUT2D eigenvalue weighted by atomic mass is 10.2. The molecule has 0 saturated carbocycles. The molecule has 0 aliphatic heterocycles. The molecule has 0 radical (unpaired) electrons. The number of carbonyl (C=O) groups is 1. The molecule has 7 heteroatoms. The number of nitrogens with zero attached hydrogens (tertiary/aromatic N) is 2. The molecule has 0 saturated heterocycles. The van der Waals surface area contributed by atoms with Gasteiger partial charge in [-0.25, -0.2) is 9.97 Å². The Morgan fingerprint density at radius 3 is 2.58 bits per heavy atom. The van der Waals surface area contributed by atoms with Crippen LogP contribution in [-0.4, -0.2) is 15.9 Å². The Balaban J connectivity index is 2.23. The van der Waals surface area contributed by atoms with Gasteiger partial charge in [0.05, 0.1) is 11.3 Å². The summed E-state index contributed by atoms with van der Waals surface area (Å²) in [7, 11) is 0. The molecule has 0 unspecified atom stereocenters. The van der Waals surface area contributed by atoms with Gasteiger partial charge >= 0.3 is 0 Å². The number of pyridine rings is 2. The molecule has 1 N–H and O–H groups in total. The average Bonchev–Trinajstić information content (AvgIpc) is 2.33. The Labute approximate surface area is 128 Å². The van der Waals surface area contributed by atoms with Gasteiger partial charge in [0.15, 0.2) is 0 Å². The molecule has 2 aromatic rings. The van der Waals surface area contributed by atoms with E-state index in [1.165, 1.54) is 12.1 Å². The van der Waals surface area contributed by atoms with Gasteiger partial charge in [0.2, 0.25) is 0 Å². The highest BCUT2D eigenvalue weighted by atomic mass is 79.9. The van der Waals surface area contributed by atoms with E-state index >= 15 is 0 Å². The zero-order chi connectivity index (χ0) is 14.0. The van der Waals surface area contributed by atoms with E-state index in [4.69, 9.17) is 23.2 Å². The van der Waals surface area contributed by atoms with Crippen LogP contribution in [0.4, 0.5) is 5.82 Å². The first-order valence-corrected chi connectivity index (χ1v) is 6.79. The van der Waals surface area contributed by atoms with Crippen LogP contribution in [0.25, 0.3) is 0 Å². The highest BCUT2D eigenvalue weighted by Gasteiger charge is 2.13. The SMILES string of the molecule is Cc1nc(NC(=O)c2ccc(Cl)nc2Cl)ccc1Br. The van der Waals surface area contributed by atoms with Gasteiger partial charge in [-0.1, -0.05) is 23.2 Å². The third-order valence-electron chi connectivity index (χ3n) is 2.32. The maximum atomic E-state index is 12.0. The number of anilines is 1. The molecular formula is C12H8BrCl2N3O. The lowest BCUT2D eigenvalue weighted by Gasteiger charge is -2.07. The van der Waals surface area contributed by atoms with E-state index < -0.39 is 0 Å². The van der Waals surface area contributed by atoms with E-state index in [1.807, 2.05) is 6.92 Å². The quantitative estimate of drug-likeness (QED) is 0.820. The number of hydrogen-bond donors (Lipinski definition) is 1. The summed E-state index contributed by atoms with van der Waals surface area (Å²) in [4.78, 5) is 20.0. The van der Waals surface area contributed by atoms with E-state index in [2.05, 4.69) is 31.2 Å². The molecule has 4 nitrogen and oxygen atoms in total. The topological polar surface area (TPSA) is 54.9 Å². The van der Waals surface area contributed by atoms with Gasteiger partial charge in [-0.05, 0) is 47.1 Å². The van der Waals surface area contributed by atoms with Crippen molar-refractivity contribution < 1.29 is 4.79 Å². The minimum atomic E-state index is -0.386. The van der Waals surface area contributed by atoms with Crippen LogP contribution in [-0.2, 0) is 0 Å².